The van der Waals surface area contributed by atoms with E-state index in [0.29, 0.717) is 23.9 Å². The molecule has 0 unspecified atom stereocenters. The monoisotopic (exact) mass is 440 g/mol. The number of aryl methyl sites for hydroxylation is 1. The van der Waals surface area contributed by atoms with Gasteiger partial charge in [0, 0.05) is 48.8 Å². The van der Waals surface area contributed by atoms with E-state index in [4.69, 9.17) is 0 Å². The molecule has 0 bridgehead atoms. The summed E-state index contributed by atoms with van der Waals surface area (Å²) in [5.41, 5.74) is 4.67. The molecule has 0 aliphatic heterocycles. The molecule has 0 amide bonds. The molecule has 0 saturated heterocycles. The molecule has 7 nitrogen and oxygen atoms in total. The van der Waals surface area contributed by atoms with Gasteiger partial charge in [0.05, 0.1) is 0 Å². The number of nitrogens with one attached hydrogen (secondary N) is 1. The molecule has 2 aromatic heterocycles. The first-order valence-corrected chi connectivity index (χ1v) is 11.2. The first kappa shape index (κ1) is 22.2. The molecule has 0 atom stereocenters. The van der Waals surface area contributed by atoms with E-state index in [2.05, 4.69) is 63.4 Å². The Morgan fingerprint density at radius 2 is 1.73 bits per heavy atom. The molecule has 1 N–H and O–H groups in total. The van der Waals surface area contributed by atoms with E-state index in [1.54, 1.807) is 24.5 Å². The fraction of sp³-hybridized carbons (Fsp3) is 0.231. The van der Waals surface area contributed by atoms with E-state index < -0.39 is 0 Å². The van der Waals surface area contributed by atoms with Gasteiger partial charge in [-0.05, 0) is 62.7 Å². The summed E-state index contributed by atoms with van der Waals surface area (Å²) in [4.78, 5) is 24.3. The quantitative estimate of drug-likeness (QED) is 0.424. The zero-order valence-corrected chi connectivity index (χ0v) is 19.2. The Balaban J connectivity index is 1.60. The Kier molecular flexibility index (Phi) is 6.78. The highest BCUT2D eigenvalue weighted by atomic mass is 16.2. The second-order valence-electron chi connectivity index (χ2n) is 7.78. The van der Waals surface area contributed by atoms with Gasteiger partial charge < -0.3 is 10.2 Å². The molecule has 0 fully saturated rings. The normalized spacial score (nSPS) is 10.8. The summed E-state index contributed by atoms with van der Waals surface area (Å²) in [6.07, 6.45) is 3.38. The first-order valence-electron chi connectivity index (χ1n) is 11.2. The van der Waals surface area contributed by atoms with E-state index >= 15 is 0 Å². The van der Waals surface area contributed by atoms with Crippen molar-refractivity contribution in [2.24, 2.45) is 0 Å². The average molecular weight is 441 g/mol. The van der Waals surface area contributed by atoms with Crippen LogP contribution in [0.2, 0.25) is 0 Å². The van der Waals surface area contributed by atoms with Crippen LogP contribution in [0.25, 0.3) is 11.4 Å². The summed E-state index contributed by atoms with van der Waals surface area (Å²) in [5.74, 6) is 0.604. The Morgan fingerprint density at radius 3 is 2.36 bits per heavy atom. The van der Waals surface area contributed by atoms with Crippen LogP contribution in [0.1, 0.15) is 35.3 Å². The van der Waals surface area contributed by atoms with Crippen LogP contribution in [0, 0.1) is 6.92 Å². The van der Waals surface area contributed by atoms with Crippen LogP contribution >= 0.6 is 0 Å². The lowest BCUT2D eigenvalue weighted by molar-refractivity contribution is 0.0947. The second-order valence-corrected chi connectivity index (χ2v) is 7.78. The van der Waals surface area contributed by atoms with Crippen LogP contribution in [0.4, 0.5) is 11.6 Å². The van der Waals surface area contributed by atoms with Crippen molar-refractivity contribution in [3.05, 3.63) is 89.7 Å². The van der Waals surface area contributed by atoms with Crippen molar-refractivity contribution < 1.29 is 4.79 Å². The van der Waals surface area contributed by atoms with Gasteiger partial charge in [0.25, 0.3) is 5.91 Å². The molecule has 4 rings (SSSR count). The number of carbonyl (C=O) groups is 1. The number of hydrogen-bond acceptors (Lipinski definition) is 6. The number of rotatable bonds is 8. The van der Waals surface area contributed by atoms with Gasteiger partial charge in [0.1, 0.15) is 0 Å². The predicted molar refractivity (Wildman–Crippen MR) is 131 cm³/mol. The zero-order chi connectivity index (χ0) is 23.2. The van der Waals surface area contributed by atoms with Gasteiger partial charge >= 0.3 is 0 Å². The Bertz CT molecular complexity index is 1200. The van der Waals surface area contributed by atoms with E-state index in [0.717, 1.165) is 29.8 Å². The van der Waals surface area contributed by atoms with E-state index in [1.165, 1.54) is 10.4 Å². The molecular weight excluding hydrogens is 412 g/mol. The topological polar surface area (TPSA) is 75.9 Å². The Morgan fingerprint density at radius 1 is 1.00 bits per heavy atom. The van der Waals surface area contributed by atoms with Gasteiger partial charge in [-0.1, -0.05) is 29.8 Å². The number of hydrogen-bond donors (Lipinski definition) is 1. The van der Waals surface area contributed by atoms with Crippen molar-refractivity contribution in [3.63, 3.8) is 0 Å². The first-order chi connectivity index (χ1) is 16.1. The van der Waals surface area contributed by atoms with Crippen molar-refractivity contribution in [1.29, 1.82) is 0 Å². The molecule has 0 spiro atoms. The van der Waals surface area contributed by atoms with Crippen molar-refractivity contribution in [3.8, 4) is 11.4 Å². The third-order valence-electron chi connectivity index (χ3n) is 5.53. The molecule has 0 aliphatic carbocycles. The van der Waals surface area contributed by atoms with Gasteiger partial charge in [-0.15, -0.1) is 5.10 Å². The van der Waals surface area contributed by atoms with Crippen LogP contribution in [0.3, 0.4) is 0 Å². The maximum Gasteiger partial charge on any atom is 0.281 e. The highest BCUT2D eigenvalue weighted by Crippen LogP contribution is 2.20. The minimum atomic E-state index is -0.239. The van der Waals surface area contributed by atoms with Crippen LogP contribution < -0.4 is 10.2 Å². The lowest BCUT2D eigenvalue weighted by atomic mass is 10.1. The fourth-order valence-electron chi connectivity index (χ4n) is 3.60. The van der Waals surface area contributed by atoms with Crippen LogP contribution in [-0.4, -0.2) is 38.7 Å². The van der Waals surface area contributed by atoms with Gasteiger partial charge in [0.15, 0.2) is 5.82 Å². The molecule has 168 valence electrons. The number of nitrogens with zero attached hydrogens (tertiary/aromatic N) is 5. The fourth-order valence-corrected chi connectivity index (χ4v) is 3.60. The van der Waals surface area contributed by atoms with Gasteiger partial charge in [-0.2, -0.15) is 9.67 Å². The molecule has 2 aromatic carbocycles. The van der Waals surface area contributed by atoms with Gasteiger partial charge in [0.2, 0.25) is 5.95 Å². The zero-order valence-electron chi connectivity index (χ0n) is 19.2. The molecule has 4 aromatic rings. The molecule has 0 radical (unpaired) electrons. The molecule has 0 saturated carbocycles. The third-order valence-corrected chi connectivity index (χ3v) is 5.53. The second kappa shape index (κ2) is 10.1. The lowest BCUT2D eigenvalue weighted by Crippen LogP contribution is -2.21. The smallest absolute Gasteiger partial charge is 0.281 e. The summed E-state index contributed by atoms with van der Waals surface area (Å²) in [5, 5.41) is 7.79. The van der Waals surface area contributed by atoms with Crippen molar-refractivity contribution in [2.45, 2.75) is 27.3 Å². The van der Waals surface area contributed by atoms with E-state index in [-0.39, 0.29) is 5.91 Å². The Hall–Kier alpha value is -4.00. The minimum Gasteiger partial charge on any atom is -0.372 e. The van der Waals surface area contributed by atoms with Crippen LogP contribution in [0.15, 0.2) is 73.1 Å². The summed E-state index contributed by atoms with van der Waals surface area (Å²) in [6, 6.07) is 19.5. The maximum absolute atomic E-state index is 13.2. The molecular formula is C26H28N6O. The largest absolute Gasteiger partial charge is 0.372 e. The van der Waals surface area contributed by atoms with Gasteiger partial charge in [-0.25, -0.2) is 0 Å². The van der Waals surface area contributed by atoms with Gasteiger partial charge in [-0.3, -0.25) is 9.78 Å². The highest BCUT2D eigenvalue weighted by molar-refractivity contribution is 5.97. The number of carbonyl (C=O) groups excluding carboxylic acids is 1. The van der Waals surface area contributed by atoms with E-state index in [9.17, 15) is 4.79 Å². The molecule has 0 aliphatic rings. The van der Waals surface area contributed by atoms with Crippen molar-refractivity contribution >= 4 is 17.5 Å². The standard InChI is InChI=1S/C26H28N6O/c1-4-31(5-2)23-14-10-20(11-15-23)17-28-26-29-24(22-7-6-16-27-18-22)30-32(26)25(33)21-12-8-19(3)9-13-21/h6-16,18H,4-5,17H2,1-3H3,(H,28,29,30). The number of anilines is 2. The molecule has 7 heteroatoms. The van der Waals surface area contributed by atoms with Crippen LogP contribution in [-0.2, 0) is 6.54 Å². The van der Waals surface area contributed by atoms with Crippen LogP contribution in [0.5, 0.6) is 0 Å². The average Bonchev–Trinajstić information content (AvgIpc) is 3.29. The molecule has 33 heavy (non-hydrogen) atoms. The summed E-state index contributed by atoms with van der Waals surface area (Å²) < 4.78 is 1.33. The van der Waals surface area contributed by atoms with Crippen molar-refractivity contribution in [2.75, 3.05) is 23.3 Å². The number of aromatic nitrogens is 4. The predicted octanol–water partition coefficient (Wildman–Crippen LogP) is 4.80. The molecule has 2 heterocycles. The summed E-state index contributed by atoms with van der Waals surface area (Å²) in [7, 11) is 0. The summed E-state index contributed by atoms with van der Waals surface area (Å²) in [6.45, 7) is 8.74. The number of pyridine rings is 1. The third kappa shape index (κ3) is 5.09. The summed E-state index contributed by atoms with van der Waals surface area (Å²) >= 11 is 0. The lowest BCUT2D eigenvalue weighted by Gasteiger charge is -2.21. The Labute approximate surface area is 194 Å². The van der Waals surface area contributed by atoms with E-state index in [1.807, 2.05) is 31.2 Å². The van der Waals surface area contributed by atoms with Crippen molar-refractivity contribution in [1.82, 2.24) is 19.7 Å². The number of benzene rings is 2. The maximum atomic E-state index is 13.2. The highest BCUT2D eigenvalue weighted by Gasteiger charge is 2.19. The minimum absolute atomic E-state index is 0.239. The SMILES string of the molecule is CCN(CC)c1ccc(CNc2nc(-c3cccnc3)nn2C(=O)c2ccc(C)cc2)cc1.